The van der Waals surface area contributed by atoms with Crippen LogP contribution < -0.4 is 10.5 Å². The summed E-state index contributed by atoms with van der Waals surface area (Å²) in [6.07, 6.45) is -0.155. The summed E-state index contributed by atoms with van der Waals surface area (Å²) in [5, 5.41) is 16.0. The molecule has 0 radical (unpaired) electrons. The number of benzene rings is 2. The van der Waals surface area contributed by atoms with E-state index >= 15 is 0 Å². The summed E-state index contributed by atoms with van der Waals surface area (Å²) in [4.78, 5) is 22.7. The van der Waals surface area contributed by atoms with Gasteiger partial charge in [-0.3, -0.25) is 15.0 Å². The van der Waals surface area contributed by atoms with Crippen LogP contribution in [0, 0.1) is 5.41 Å². The average Bonchev–Trinajstić information content (AvgIpc) is 2.60. The van der Waals surface area contributed by atoms with Gasteiger partial charge >= 0.3 is 5.97 Å². The molecule has 0 aliphatic heterocycles. The number of nitrogens with one attached hydrogen (secondary N) is 2. The zero-order valence-corrected chi connectivity index (χ0v) is 14.4. The number of Topliss-reactive ketones (excluding diaryl/α,β-unsaturated/α-hetero) is 1. The summed E-state index contributed by atoms with van der Waals surface area (Å²) in [6.45, 7) is -0.435. The molecule has 0 atom stereocenters. The number of hydrogen-bond donors (Lipinski definition) is 4. The van der Waals surface area contributed by atoms with Crippen LogP contribution in [0.4, 0.5) is 0 Å². The second-order valence-corrected chi connectivity index (χ2v) is 7.22. The van der Waals surface area contributed by atoms with Crippen LogP contribution in [0.25, 0.3) is 0 Å². The van der Waals surface area contributed by atoms with E-state index in [4.69, 9.17) is 16.2 Å². The minimum atomic E-state index is -3.89. The summed E-state index contributed by atoms with van der Waals surface area (Å²) >= 11 is 0. The van der Waals surface area contributed by atoms with Crippen LogP contribution >= 0.6 is 0 Å². The molecule has 2 aromatic carbocycles. The molecule has 5 N–H and O–H groups in total. The molecule has 0 saturated carbocycles. The van der Waals surface area contributed by atoms with E-state index in [1.165, 1.54) is 48.5 Å². The predicted molar refractivity (Wildman–Crippen MR) is 94.8 cm³/mol. The number of ketones is 1. The number of nitrogens with two attached hydrogens (primary N) is 1. The monoisotopic (exact) mass is 375 g/mol. The topological polar surface area (TPSA) is 150 Å². The van der Waals surface area contributed by atoms with Gasteiger partial charge in [0.05, 0.1) is 17.9 Å². The van der Waals surface area contributed by atoms with Gasteiger partial charge in [-0.1, -0.05) is 24.3 Å². The minimum absolute atomic E-state index is 0.0490. The maximum absolute atomic E-state index is 12.2. The quantitative estimate of drug-likeness (QED) is 0.304. The third-order valence-corrected chi connectivity index (χ3v) is 4.95. The maximum Gasteiger partial charge on any atom is 0.307 e. The van der Waals surface area contributed by atoms with Gasteiger partial charge in [-0.25, -0.2) is 13.1 Å². The Kier molecular flexibility index (Phi) is 5.86. The van der Waals surface area contributed by atoms with Crippen molar-refractivity contribution in [1.29, 1.82) is 5.41 Å². The van der Waals surface area contributed by atoms with Crippen molar-refractivity contribution < 1.29 is 23.1 Å². The summed E-state index contributed by atoms with van der Waals surface area (Å²) in [5.41, 5.74) is 6.52. The van der Waals surface area contributed by atoms with Crippen LogP contribution in [0.5, 0.6) is 0 Å². The lowest BCUT2D eigenvalue weighted by atomic mass is 10.1. The van der Waals surface area contributed by atoms with Gasteiger partial charge in [-0.05, 0) is 29.8 Å². The standard InChI is InChI=1S/C17H17N3O5S/c18-17(19)13-5-7-14(8-6-13)26(24,25)20-10-15(21)12-3-1-11(2-4-12)9-16(22)23/h1-8,20H,9-10H2,(H3,18,19)(H,22,23). The zero-order valence-electron chi connectivity index (χ0n) is 13.6. The van der Waals surface area contributed by atoms with Crippen molar-refractivity contribution in [3.8, 4) is 0 Å². The highest BCUT2D eigenvalue weighted by Gasteiger charge is 2.16. The van der Waals surface area contributed by atoms with Crippen LogP contribution in [-0.2, 0) is 21.2 Å². The van der Waals surface area contributed by atoms with Crippen molar-refractivity contribution in [1.82, 2.24) is 4.72 Å². The Hall–Kier alpha value is -3.04. The number of amidine groups is 1. The van der Waals surface area contributed by atoms with Gasteiger partial charge in [0.25, 0.3) is 0 Å². The summed E-state index contributed by atoms with van der Waals surface area (Å²) < 4.78 is 26.6. The Labute approximate surface area is 150 Å². The van der Waals surface area contributed by atoms with Gasteiger partial charge in [-0.2, -0.15) is 0 Å². The summed E-state index contributed by atoms with van der Waals surface area (Å²) in [7, 11) is -3.89. The van der Waals surface area contributed by atoms with Gasteiger partial charge in [0.1, 0.15) is 5.84 Å². The SMILES string of the molecule is N=C(N)c1ccc(S(=O)(=O)NCC(=O)c2ccc(CC(=O)O)cc2)cc1. The first-order valence-electron chi connectivity index (χ1n) is 7.47. The van der Waals surface area contributed by atoms with Crippen molar-refractivity contribution in [2.24, 2.45) is 5.73 Å². The first kappa shape index (κ1) is 19.3. The van der Waals surface area contributed by atoms with E-state index in [0.717, 1.165) is 0 Å². The number of carbonyl (C=O) groups is 2. The largest absolute Gasteiger partial charge is 0.481 e. The lowest BCUT2D eigenvalue weighted by Gasteiger charge is -2.07. The lowest BCUT2D eigenvalue weighted by Crippen LogP contribution is -2.29. The molecule has 0 aliphatic rings. The van der Waals surface area contributed by atoms with Gasteiger partial charge in [0.15, 0.2) is 5.78 Å². The molecule has 0 saturated heterocycles. The van der Waals surface area contributed by atoms with Crippen LogP contribution in [0.15, 0.2) is 53.4 Å². The maximum atomic E-state index is 12.2. The van der Waals surface area contributed by atoms with E-state index in [9.17, 15) is 18.0 Å². The van der Waals surface area contributed by atoms with E-state index in [1.54, 1.807) is 0 Å². The van der Waals surface area contributed by atoms with Crippen molar-refractivity contribution >= 4 is 27.6 Å². The molecule has 136 valence electrons. The number of hydrogen-bond acceptors (Lipinski definition) is 5. The third kappa shape index (κ3) is 4.98. The Morgan fingerprint density at radius 2 is 1.54 bits per heavy atom. The van der Waals surface area contributed by atoms with E-state index < -0.39 is 28.3 Å². The molecule has 0 bridgehead atoms. The smallest absolute Gasteiger partial charge is 0.307 e. The van der Waals surface area contributed by atoms with Crippen molar-refractivity contribution in [2.45, 2.75) is 11.3 Å². The molecule has 26 heavy (non-hydrogen) atoms. The number of carbonyl (C=O) groups excluding carboxylic acids is 1. The fraction of sp³-hybridized carbons (Fsp3) is 0.118. The molecular weight excluding hydrogens is 358 g/mol. The second-order valence-electron chi connectivity index (χ2n) is 5.45. The Bertz CT molecular complexity index is 935. The van der Waals surface area contributed by atoms with Crippen LogP contribution in [0.2, 0.25) is 0 Å². The Morgan fingerprint density at radius 3 is 2.04 bits per heavy atom. The molecule has 0 fully saturated rings. The molecule has 0 heterocycles. The van der Waals surface area contributed by atoms with E-state index in [2.05, 4.69) is 4.72 Å². The number of carboxylic acid groups (broad SMARTS) is 1. The first-order chi connectivity index (χ1) is 12.2. The fourth-order valence-electron chi connectivity index (χ4n) is 2.14. The minimum Gasteiger partial charge on any atom is -0.481 e. The summed E-state index contributed by atoms with van der Waals surface area (Å²) in [6, 6.07) is 11.3. The average molecular weight is 375 g/mol. The molecule has 8 nitrogen and oxygen atoms in total. The van der Waals surface area contributed by atoms with E-state index in [1.807, 2.05) is 0 Å². The molecule has 0 aromatic heterocycles. The van der Waals surface area contributed by atoms with E-state index in [0.29, 0.717) is 11.1 Å². The van der Waals surface area contributed by atoms with Gasteiger partial charge in [-0.15, -0.1) is 0 Å². The molecule has 0 amide bonds. The highest BCUT2D eigenvalue weighted by Crippen LogP contribution is 2.11. The highest BCUT2D eigenvalue weighted by molar-refractivity contribution is 7.89. The number of carboxylic acids is 1. The van der Waals surface area contributed by atoms with Crippen LogP contribution in [0.1, 0.15) is 21.5 Å². The van der Waals surface area contributed by atoms with Crippen molar-refractivity contribution in [3.05, 3.63) is 65.2 Å². The van der Waals surface area contributed by atoms with Crippen molar-refractivity contribution in [2.75, 3.05) is 6.54 Å². The first-order valence-corrected chi connectivity index (χ1v) is 8.95. The Balaban J connectivity index is 2.03. The fourth-order valence-corrected chi connectivity index (χ4v) is 3.12. The Morgan fingerprint density at radius 1 is 1.00 bits per heavy atom. The molecule has 0 spiro atoms. The zero-order chi connectivity index (χ0) is 19.3. The van der Waals surface area contributed by atoms with Gasteiger partial charge in [0, 0.05) is 11.1 Å². The third-order valence-electron chi connectivity index (χ3n) is 3.53. The molecule has 0 aliphatic carbocycles. The molecule has 9 heteroatoms. The summed E-state index contributed by atoms with van der Waals surface area (Å²) in [5.74, 6) is -1.60. The van der Waals surface area contributed by atoms with Crippen LogP contribution in [-0.4, -0.2) is 37.7 Å². The molecule has 2 aromatic rings. The highest BCUT2D eigenvalue weighted by atomic mass is 32.2. The van der Waals surface area contributed by atoms with Gasteiger partial charge in [0.2, 0.25) is 10.0 Å². The van der Waals surface area contributed by atoms with Gasteiger partial charge < -0.3 is 10.8 Å². The number of rotatable bonds is 8. The lowest BCUT2D eigenvalue weighted by molar-refractivity contribution is -0.136. The van der Waals surface area contributed by atoms with Crippen molar-refractivity contribution in [3.63, 3.8) is 0 Å². The molecule has 2 rings (SSSR count). The van der Waals surface area contributed by atoms with Crippen LogP contribution in [0.3, 0.4) is 0 Å². The predicted octanol–water partition coefficient (Wildman–Crippen LogP) is 0.759. The normalized spacial score (nSPS) is 11.1. The molecule has 0 unspecified atom stereocenters. The van der Waals surface area contributed by atoms with E-state index in [-0.39, 0.29) is 22.7 Å². The number of aliphatic carboxylic acids is 1. The number of sulfonamides is 1. The molecular formula is C17H17N3O5S. The number of nitrogen functional groups attached to an aromatic ring is 1. The second kappa shape index (κ2) is 7.89.